The zero-order chi connectivity index (χ0) is 12.9. The number of benzene rings is 1. The summed E-state index contributed by atoms with van der Waals surface area (Å²) in [5.74, 6) is 1.57. The molecule has 0 fully saturated rings. The monoisotopic (exact) mass is 254 g/mol. The van der Waals surface area contributed by atoms with Crippen LogP contribution in [0.2, 0.25) is 0 Å². The molecule has 0 aliphatic carbocycles. The number of rotatable bonds is 5. The molecule has 1 N–H and O–H groups in total. The first-order valence-corrected chi connectivity index (χ1v) is 6.95. The second-order valence-electron chi connectivity index (χ2n) is 4.94. The van der Waals surface area contributed by atoms with Gasteiger partial charge in [-0.3, -0.25) is 0 Å². The minimum Gasteiger partial charge on any atom is -0.494 e. The van der Waals surface area contributed by atoms with Crippen molar-refractivity contribution in [3.8, 4) is 5.75 Å². The van der Waals surface area contributed by atoms with Gasteiger partial charge in [0.25, 0.3) is 0 Å². The summed E-state index contributed by atoms with van der Waals surface area (Å²) < 4.78 is 5.55. The Kier molecular flexibility index (Phi) is 5.34. The number of hydrogen-bond donors (Lipinski definition) is 1. The number of hydrogen-bond acceptors (Lipinski definition) is 3. The molecule has 1 aromatic rings. The van der Waals surface area contributed by atoms with Crippen LogP contribution >= 0.6 is 11.8 Å². The maximum absolute atomic E-state index is 10.0. The van der Waals surface area contributed by atoms with Crippen molar-refractivity contribution in [3.05, 3.63) is 29.8 Å². The zero-order valence-corrected chi connectivity index (χ0v) is 11.9. The summed E-state index contributed by atoms with van der Waals surface area (Å²) in [6.45, 7) is 9.10. The van der Waals surface area contributed by atoms with Crippen LogP contribution in [0.5, 0.6) is 5.75 Å². The number of thioether (sulfide) groups is 1. The van der Waals surface area contributed by atoms with Gasteiger partial charge in [0.2, 0.25) is 0 Å². The summed E-state index contributed by atoms with van der Waals surface area (Å²) >= 11 is 1.77. The van der Waals surface area contributed by atoms with Crippen LogP contribution in [0, 0.1) is 0 Å². The van der Waals surface area contributed by atoms with Crippen molar-refractivity contribution in [1.82, 2.24) is 0 Å². The molecular weight excluding hydrogens is 232 g/mol. The Morgan fingerprint density at radius 1 is 1.24 bits per heavy atom. The molecule has 0 saturated heterocycles. The molecule has 0 bridgehead atoms. The third kappa shape index (κ3) is 5.46. The molecule has 96 valence electrons. The molecule has 1 atom stereocenters. The fourth-order valence-corrected chi connectivity index (χ4v) is 2.23. The van der Waals surface area contributed by atoms with Gasteiger partial charge in [-0.25, -0.2) is 0 Å². The highest BCUT2D eigenvalue weighted by Gasteiger charge is 2.15. The lowest BCUT2D eigenvalue weighted by molar-refractivity contribution is 0.203. The fourth-order valence-electron chi connectivity index (χ4n) is 1.38. The van der Waals surface area contributed by atoms with Crippen molar-refractivity contribution in [2.45, 2.75) is 38.5 Å². The maximum atomic E-state index is 10.0. The van der Waals surface area contributed by atoms with Crippen molar-refractivity contribution >= 4 is 11.8 Å². The average Bonchev–Trinajstić information content (AvgIpc) is 2.26. The zero-order valence-electron chi connectivity index (χ0n) is 11.1. The van der Waals surface area contributed by atoms with Crippen molar-refractivity contribution < 1.29 is 9.84 Å². The molecule has 0 aromatic heterocycles. The van der Waals surface area contributed by atoms with Gasteiger partial charge in [-0.2, -0.15) is 11.8 Å². The normalized spacial score (nSPS) is 13.5. The predicted molar refractivity (Wildman–Crippen MR) is 74.8 cm³/mol. The van der Waals surface area contributed by atoms with Gasteiger partial charge >= 0.3 is 0 Å². The van der Waals surface area contributed by atoms with Crippen LogP contribution in [0.3, 0.4) is 0 Å². The predicted octanol–water partition coefficient (Wildman–Crippen LogP) is 3.65. The van der Waals surface area contributed by atoms with E-state index < -0.39 is 6.10 Å². The fraction of sp³-hybridized carbons (Fsp3) is 0.571. The highest BCUT2D eigenvalue weighted by atomic mass is 32.2. The van der Waals surface area contributed by atoms with Crippen LogP contribution < -0.4 is 4.74 Å². The van der Waals surface area contributed by atoms with Gasteiger partial charge in [0.05, 0.1) is 12.7 Å². The molecule has 1 rings (SSSR count). The van der Waals surface area contributed by atoms with E-state index in [-0.39, 0.29) is 4.75 Å². The van der Waals surface area contributed by atoms with Gasteiger partial charge < -0.3 is 9.84 Å². The Balaban J connectivity index is 2.54. The lowest BCUT2D eigenvalue weighted by Crippen LogP contribution is -2.12. The van der Waals surface area contributed by atoms with E-state index >= 15 is 0 Å². The van der Waals surface area contributed by atoms with Crippen molar-refractivity contribution in [2.24, 2.45) is 0 Å². The highest BCUT2D eigenvalue weighted by molar-refractivity contribution is 8.00. The SMILES string of the molecule is CCOc1ccc(C(O)CSC(C)(C)C)cc1. The van der Waals surface area contributed by atoms with Gasteiger partial charge in [-0.15, -0.1) is 0 Å². The van der Waals surface area contributed by atoms with Gasteiger partial charge in [-0.1, -0.05) is 32.9 Å². The third-order valence-electron chi connectivity index (χ3n) is 2.25. The Bertz CT molecular complexity index is 327. The Labute approximate surface area is 108 Å². The smallest absolute Gasteiger partial charge is 0.119 e. The van der Waals surface area contributed by atoms with E-state index in [4.69, 9.17) is 4.74 Å². The molecule has 0 aliphatic heterocycles. The van der Waals surface area contributed by atoms with Gasteiger partial charge in [0, 0.05) is 10.5 Å². The highest BCUT2D eigenvalue weighted by Crippen LogP contribution is 2.28. The van der Waals surface area contributed by atoms with E-state index in [0.29, 0.717) is 6.61 Å². The third-order valence-corrected chi connectivity index (χ3v) is 3.60. The minimum absolute atomic E-state index is 0.187. The summed E-state index contributed by atoms with van der Waals surface area (Å²) in [6, 6.07) is 7.67. The first-order valence-electron chi connectivity index (χ1n) is 5.97. The summed E-state index contributed by atoms with van der Waals surface area (Å²) in [5, 5.41) is 10.0. The van der Waals surface area contributed by atoms with Crippen LogP contribution in [0.25, 0.3) is 0 Å². The first-order chi connectivity index (χ1) is 7.92. The Morgan fingerprint density at radius 2 is 1.82 bits per heavy atom. The van der Waals surface area contributed by atoms with E-state index in [9.17, 15) is 5.11 Å². The number of aliphatic hydroxyl groups is 1. The minimum atomic E-state index is -0.407. The number of ether oxygens (including phenoxy) is 1. The molecule has 0 saturated carbocycles. The van der Waals surface area contributed by atoms with Crippen molar-refractivity contribution in [3.63, 3.8) is 0 Å². The second-order valence-corrected chi connectivity index (χ2v) is 6.79. The van der Waals surface area contributed by atoms with Crippen LogP contribution in [0.1, 0.15) is 39.4 Å². The molecule has 2 nitrogen and oxygen atoms in total. The number of aliphatic hydroxyl groups excluding tert-OH is 1. The van der Waals surface area contributed by atoms with Crippen LogP contribution in [0.15, 0.2) is 24.3 Å². The average molecular weight is 254 g/mol. The lowest BCUT2D eigenvalue weighted by Gasteiger charge is -2.20. The summed E-state index contributed by atoms with van der Waals surface area (Å²) in [4.78, 5) is 0. The second kappa shape index (κ2) is 6.31. The van der Waals surface area contributed by atoms with E-state index in [1.165, 1.54) is 0 Å². The maximum Gasteiger partial charge on any atom is 0.119 e. The van der Waals surface area contributed by atoms with Gasteiger partial charge in [0.15, 0.2) is 0 Å². The largest absolute Gasteiger partial charge is 0.494 e. The molecule has 0 radical (unpaired) electrons. The first kappa shape index (κ1) is 14.4. The lowest BCUT2D eigenvalue weighted by atomic mass is 10.1. The van der Waals surface area contributed by atoms with Crippen LogP contribution in [-0.2, 0) is 0 Å². The molecule has 0 amide bonds. The van der Waals surface area contributed by atoms with Gasteiger partial charge in [-0.05, 0) is 24.6 Å². The molecule has 1 unspecified atom stereocenters. The summed E-state index contributed by atoms with van der Waals surface area (Å²) in [5.41, 5.74) is 0.949. The van der Waals surface area contributed by atoms with Crippen LogP contribution in [0.4, 0.5) is 0 Å². The topological polar surface area (TPSA) is 29.5 Å². The van der Waals surface area contributed by atoms with E-state index in [1.807, 2.05) is 31.2 Å². The molecule has 0 aliphatic rings. The molecule has 17 heavy (non-hydrogen) atoms. The molecule has 3 heteroatoms. The molecular formula is C14H22O2S. The quantitative estimate of drug-likeness (QED) is 0.869. The standard InChI is InChI=1S/C14H22O2S/c1-5-16-12-8-6-11(7-9-12)13(15)10-17-14(2,3)4/h6-9,13,15H,5,10H2,1-4H3. The van der Waals surface area contributed by atoms with E-state index in [2.05, 4.69) is 20.8 Å². The molecule has 0 heterocycles. The molecule has 1 aromatic carbocycles. The summed E-state index contributed by atoms with van der Waals surface area (Å²) in [6.07, 6.45) is -0.407. The van der Waals surface area contributed by atoms with Crippen LogP contribution in [-0.4, -0.2) is 22.2 Å². The van der Waals surface area contributed by atoms with E-state index in [1.54, 1.807) is 11.8 Å². The van der Waals surface area contributed by atoms with Gasteiger partial charge in [0.1, 0.15) is 5.75 Å². The Hall–Kier alpha value is -0.670. The van der Waals surface area contributed by atoms with E-state index in [0.717, 1.165) is 17.1 Å². The van der Waals surface area contributed by atoms with Crippen molar-refractivity contribution in [1.29, 1.82) is 0 Å². The molecule has 0 spiro atoms. The van der Waals surface area contributed by atoms with Crippen molar-refractivity contribution in [2.75, 3.05) is 12.4 Å². The summed E-state index contributed by atoms with van der Waals surface area (Å²) in [7, 11) is 0. The Morgan fingerprint density at radius 3 is 2.29 bits per heavy atom.